The maximum atomic E-state index is 12.6. The molecule has 1 fully saturated rings. The van der Waals surface area contributed by atoms with Gasteiger partial charge in [0.05, 0.1) is 10.6 Å². The number of hydrogen-bond donors (Lipinski definition) is 1. The largest absolute Gasteiger partial charge is 0.488 e. The van der Waals surface area contributed by atoms with Crippen LogP contribution in [0.4, 0.5) is 5.69 Å². The van der Waals surface area contributed by atoms with E-state index >= 15 is 0 Å². The van der Waals surface area contributed by atoms with E-state index in [2.05, 4.69) is 10.3 Å². The number of thioether (sulfide) groups is 1. The lowest BCUT2D eigenvalue weighted by molar-refractivity contribution is -0.115. The lowest BCUT2D eigenvalue weighted by Crippen LogP contribution is -2.19. The minimum atomic E-state index is -0.168. The van der Waals surface area contributed by atoms with Crippen LogP contribution in [0, 0.1) is 0 Å². The predicted octanol–water partition coefficient (Wildman–Crippen LogP) is 5.95. The van der Waals surface area contributed by atoms with E-state index in [9.17, 15) is 4.79 Å². The molecule has 3 aromatic carbocycles. The molecule has 1 aliphatic heterocycles. The van der Waals surface area contributed by atoms with Gasteiger partial charge in [0.1, 0.15) is 12.4 Å². The zero-order valence-corrected chi connectivity index (χ0v) is 18.5. The molecule has 1 aromatic heterocycles. The highest BCUT2D eigenvalue weighted by Crippen LogP contribution is 2.32. The summed E-state index contributed by atoms with van der Waals surface area (Å²) in [4.78, 5) is 17.7. The Bertz CT molecular complexity index is 1310. The molecule has 0 aliphatic carbocycles. The molecule has 1 aliphatic rings. The fraction of sp³-hybridized carbons (Fsp3) is 0.0370. The van der Waals surface area contributed by atoms with Crippen molar-refractivity contribution in [3.63, 3.8) is 0 Å². The number of para-hydroxylation sites is 1. The third kappa shape index (κ3) is 5.07. The number of nitrogens with one attached hydrogen (secondary N) is 1. The fourth-order valence-electron chi connectivity index (χ4n) is 3.41. The van der Waals surface area contributed by atoms with Gasteiger partial charge in [0.15, 0.2) is 5.17 Å². The van der Waals surface area contributed by atoms with Crippen LogP contribution in [0.1, 0.15) is 11.1 Å². The highest BCUT2D eigenvalue weighted by atomic mass is 32.2. The number of aliphatic imine (C=N–C) groups is 1. The van der Waals surface area contributed by atoms with Gasteiger partial charge in [-0.05, 0) is 59.8 Å². The van der Waals surface area contributed by atoms with E-state index in [0.29, 0.717) is 22.4 Å². The van der Waals surface area contributed by atoms with Crippen molar-refractivity contribution in [2.45, 2.75) is 6.61 Å². The number of hydrogen-bond acceptors (Lipinski definition) is 4. The molecule has 0 atom stereocenters. The van der Waals surface area contributed by atoms with Crippen LogP contribution in [0.15, 0.2) is 113 Å². The summed E-state index contributed by atoms with van der Waals surface area (Å²) in [6.07, 6.45) is 5.83. The van der Waals surface area contributed by atoms with Crippen molar-refractivity contribution in [2.24, 2.45) is 4.99 Å². The minimum absolute atomic E-state index is 0.168. The van der Waals surface area contributed by atoms with Gasteiger partial charge >= 0.3 is 0 Å². The molecular formula is C27H21N3O2S. The van der Waals surface area contributed by atoms with Crippen LogP contribution in [-0.4, -0.2) is 15.6 Å². The Kier molecular flexibility index (Phi) is 6.08. The van der Waals surface area contributed by atoms with Crippen molar-refractivity contribution in [3.8, 4) is 11.4 Å². The van der Waals surface area contributed by atoms with E-state index in [1.165, 1.54) is 11.8 Å². The SMILES string of the molecule is O=C1NC(=Nc2ccccc2)S/C1=C/c1ccc(-n2cccc2)cc1OCc1ccccc1. The van der Waals surface area contributed by atoms with Gasteiger partial charge in [0.25, 0.3) is 5.91 Å². The van der Waals surface area contributed by atoms with Gasteiger partial charge in [-0.3, -0.25) is 4.79 Å². The Labute approximate surface area is 196 Å². The first-order valence-corrected chi connectivity index (χ1v) is 11.3. The number of ether oxygens (including phenoxy) is 1. The molecule has 5 nitrogen and oxygen atoms in total. The molecule has 0 saturated carbocycles. The summed E-state index contributed by atoms with van der Waals surface area (Å²) in [6.45, 7) is 0.437. The Morgan fingerprint density at radius 2 is 1.64 bits per heavy atom. The third-order valence-corrected chi connectivity index (χ3v) is 5.97. The quantitative estimate of drug-likeness (QED) is 0.369. The van der Waals surface area contributed by atoms with Crippen LogP contribution < -0.4 is 10.1 Å². The Balaban J connectivity index is 1.44. The molecule has 4 aromatic rings. The van der Waals surface area contributed by atoms with Gasteiger partial charge in [0.2, 0.25) is 0 Å². The Morgan fingerprint density at radius 1 is 0.909 bits per heavy atom. The van der Waals surface area contributed by atoms with Gasteiger partial charge in [0, 0.05) is 29.7 Å². The van der Waals surface area contributed by atoms with Gasteiger partial charge in [-0.15, -0.1) is 0 Å². The summed E-state index contributed by atoms with van der Waals surface area (Å²) in [7, 11) is 0. The molecular weight excluding hydrogens is 430 g/mol. The zero-order valence-electron chi connectivity index (χ0n) is 17.7. The number of rotatable bonds is 6. The van der Waals surface area contributed by atoms with Gasteiger partial charge in [-0.1, -0.05) is 48.5 Å². The number of aromatic nitrogens is 1. The molecule has 0 unspecified atom stereocenters. The first-order valence-electron chi connectivity index (χ1n) is 10.5. The van der Waals surface area contributed by atoms with Crippen molar-refractivity contribution < 1.29 is 9.53 Å². The van der Waals surface area contributed by atoms with E-state index in [1.807, 2.05) is 114 Å². The third-order valence-electron chi connectivity index (χ3n) is 5.06. The summed E-state index contributed by atoms with van der Waals surface area (Å²) in [5.41, 5.74) is 3.69. The van der Waals surface area contributed by atoms with Gasteiger partial charge < -0.3 is 14.6 Å². The van der Waals surface area contributed by atoms with Crippen LogP contribution in [0.3, 0.4) is 0 Å². The number of benzene rings is 3. The standard InChI is InChI=1S/C27H21N3O2S/c31-26-25(33-27(29-26)28-22-11-5-2-6-12-22)17-21-13-14-23(30-15-7-8-16-30)18-24(21)32-19-20-9-3-1-4-10-20/h1-18H,19H2,(H,28,29,31)/b25-17+. The normalized spacial score (nSPS) is 15.7. The molecule has 5 rings (SSSR count). The number of carbonyl (C=O) groups excluding carboxylic acids is 1. The second kappa shape index (κ2) is 9.63. The number of nitrogens with zero attached hydrogens (tertiary/aromatic N) is 2. The van der Waals surface area contributed by atoms with Crippen molar-refractivity contribution in [1.29, 1.82) is 0 Å². The first kappa shape index (κ1) is 20.8. The fourth-order valence-corrected chi connectivity index (χ4v) is 4.24. The minimum Gasteiger partial charge on any atom is -0.488 e. The van der Waals surface area contributed by atoms with E-state index in [0.717, 1.165) is 22.5 Å². The number of carbonyl (C=O) groups is 1. The summed E-state index contributed by atoms with van der Waals surface area (Å²) < 4.78 is 8.22. The monoisotopic (exact) mass is 451 g/mol. The average Bonchev–Trinajstić information content (AvgIpc) is 3.50. The second-order valence-corrected chi connectivity index (χ2v) is 8.43. The summed E-state index contributed by atoms with van der Waals surface area (Å²) in [6, 6.07) is 29.5. The summed E-state index contributed by atoms with van der Waals surface area (Å²) in [5.74, 6) is 0.539. The maximum absolute atomic E-state index is 12.6. The topological polar surface area (TPSA) is 55.6 Å². The van der Waals surface area contributed by atoms with E-state index in [1.54, 1.807) is 0 Å². The Morgan fingerprint density at radius 3 is 2.39 bits per heavy atom. The van der Waals surface area contributed by atoms with Crippen LogP contribution in [0.5, 0.6) is 5.75 Å². The molecule has 1 N–H and O–H groups in total. The second-order valence-electron chi connectivity index (χ2n) is 7.40. The lowest BCUT2D eigenvalue weighted by Gasteiger charge is -2.12. The maximum Gasteiger partial charge on any atom is 0.264 e. The average molecular weight is 452 g/mol. The van der Waals surface area contributed by atoms with E-state index in [4.69, 9.17) is 4.74 Å². The van der Waals surface area contributed by atoms with Crippen LogP contribution >= 0.6 is 11.8 Å². The van der Waals surface area contributed by atoms with Crippen molar-refractivity contribution in [2.75, 3.05) is 0 Å². The molecule has 1 saturated heterocycles. The highest BCUT2D eigenvalue weighted by Gasteiger charge is 2.24. The van der Waals surface area contributed by atoms with Crippen molar-refractivity contribution in [1.82, 2.24) is 9.88 Å². The van der Waals surface area contributed by atoms with E-state index < -0.39 is 0 Å². The molecule has 0 radical (unpaired) electrons. The lowest BCUT2D eigenvalue weighted by atomic mass is 10.1. The molecule has 0 bridgehead atoms. The Hall–Kier alpha value is -4.03. The summed E-state index contributed by atoms with van der Waals surface area (Å²) >= 11 is 1.32. The van der Waals surface area contributed by atoms with Gasteiger partial charge in [-0.2, -0.15) is 0 Å². The van der Waals surface area contributed by atoms with E-state index in [-0.39, 0.29) is 5.91 Å². The van der Waals surface area contributed by atoms with Crippen LogP contribution in [-0.2, 0) is 11.4 Å². The highest BCUT2D eigenvalue weighted by molar-refractivity contribution is 8.18. The molecule has 2 heterocycles. The summed E-state index contributed by atoms with van der Waals surface area (Å²) in [5, 5.41) is 3.41. The van der Waals surface area contributed by atoms with Crippen molar-refractivity contribution >= 4 is 34.6 Å². The number of amidine groups is 1. The molecule has 1 amide bonds. The van der Waals surface area contributed by atoms with Gasteiger partial charge in [-0.25, -0.2) is 4.99 Å². The smallest absolute Gasteiger partial charge is 0.264 e. The number of amides is 1. The molecule has 33 heavy (non-hydrogen) atoms. The first-order chi connectivity index (χ1) is 16.2. The van der Waals surface area contributed by atoms with Crippen molar-refractivity contribution in [3.05, 3.63) is 119 Å². The van der Waals surface area contributed by atoms with Crippen LogP contribution in [0.25, 0.3) is 11.8 Å². The molecule has 0 spiro atoms. The predicted molar refractivity (Wildman–Crippen MR) is 134 cm³/mol. The molecule has 162 valence electrons. The zero-order chi connectivity index (χ0) is 22.5. The molecule has 6 heteroatoms. The van der Waals surface area contributed by atoms with Crippen LogP contribution in [0.2, 0.25) is 0 Å².